The highest BCUT2D eigenvalue weighted by molar-refractivity contribution is 7.22. The Hall–Kier alpha value is -1.00. The first-order chi connectivity index (χ1) is 7.70. The number of thiazole rings is 1. The highest BCUT2D eigenvalue weighted by Crippen LogP contribution is 2.33. The molecule has 1 aromatic heterocycles. The summed E-state index contributed by atoms with van der Waals surface area (Å²) in [6.07, 6.45) is 2.16. The second kappa shape index (κ2) is 4.89. The molecule has 0 aliphatic rings. The van der Waals surface area contributed by atoms with Crippen LogP contribution < -0.4 is 10.5 Å². The number of nitrogen functional groups attached to an aromatic ring is 1. The normalized spacial score (nSPS) is 10.9. The molecule has 16 heavy (non-hydrogen) atoms. The van der Waals surface area contributed by atoms with Gasteiger partial charge in [-0.3, -0.25) is 0 Å². The second-order valence-electron chi connectivity index (χ2n) is 3.51. The summed E-state index contributed by atoms with van der Waals surface area (Å²) in [5.74, 6) is 0.787. The Labute approximate surface area is 103 Å². The van der Waals surface area contributed by atoms with Crippen molar-refractivity contribution in [1.82, 2.24) is 4.98 Å². The van der Waals surface area contributed by atoms with Gasteiger partial charge in [-0.1, -0.05) is 36.3 Å². The lowest BCUT2D eigenvalue weighted by Crippen LogP contribution is -1.96. The van der Waals surface area contributed by atoms with E-state index in [4.69, 9.17) is 22.1 Å². The van der Waals surface area contributed by atoms with Gasteiger partial charge in [0.25, 0.3) is 0 Å². The Bertz CT molecular complexity index is 498. The number of benzene rings is 1. The van der Waals surface area contributed by atoms with Crippen molar-refractivity contribution in [1.29, 1.82) is 0 Å². The molecule has 0 saturated carbocycles. The molecule has 0 aliphatic heterocycles. The third kappa shape index (κ3) is 2.39. The monoisotopic (exact) mass is 256 g/mol. The van der Waals surface area contributed by atoms with Crippen LogP contribution in [0.15, 0.2) is 12.1 Å². The van der Waals surface area contributed by atoms with Gasteiger partial charge in [-0.15, -0.1) is 0 Å². The van der Waals surface area contributed by atoms with E-state index in [-0.39, 0.29) is 0 Å². The zero-order valence-electron chi connectivity index (χ0n) is 9.00. The molecule has 2 rings (SSSR count). The molecule has 0 spiro atoms. The van der Waals surface area contributed by atoms with E-state index in [1.165, 1.54) is 11.3 Å². The molecule has 2 aromatic rings. The van der Waals surface area contributed by atoms with Gasteiger partial charge in [0, 0.05) is 6.07 Å². The van der Waals surface area contributed by atoms with Gasteiger partial charge in [-0.25, -0.2) is 4.98 Å². The van der Waals surface area contributed by atoms with Crippen molar-refractivity contribution in [3.05, 3.63) is 17.2 Å². The maximum atomic E-state index is 6.10. The Morgan fingerprint density at radius 1 is 1.50 bits per heavy atom. The average molecular weight is 257 g/mol. The number of nitrogens with zero attached hydrogens (tertiary/aromatic N) is 1. The van der Waals surface area contributed by atoms with Crippen molar-refractivity contribution < 1.29 is 4.74 Å². The molecule has 0 saturated heterocycles. The van der Waals surface area contributed by atoms with E-state index in [1.54, 1.807) is 6.07 Å². The average Bonchev–Trinajstić information content (AvgIpc) is 2.60. The Morgan fingerprint density at radius 2 is 2.31 bits per heavy atom. The molecule has 86 valence electrons. The minimum absolute atomic E-state index is 0.530. The van der Waals surface area contributed by atoms with E-state index >= 15 is 0 Å². The first-order valence-corrected chi connectivity index (χ1v) is 6.38. The van der Waals surface area contributed by atoms with Crippen LogP contribution in [0.2, 0.25) is 5.02 Å². The number of rotatable bonds is 4. The zero-order valence-corrected chi connectivity index (χ0v) is 10.6. The Morgan fingerprint density at radius 3 is 3.06 bits per heavy atom. The van der Waals surface area contributed by atoms with Crippen LogP contribution in [0.1, 0.15) is 19.8 Å². The van der Waals surface area contributed by atoms with Crippen LogP contribution in [0.25, 0.3) is 10.2 Å². The number of hydrogen-bond acceptors (Lipinski definition) is 4. The second-order valence-corrected chi connectivity index (χ2v) is 4.98. The number of ether oxygens (including phenoxy) is 1. The lowest BCUT2D eigenvalue weighted by atomic mass is 10.3. The van der Waals surface area contributed by atoms with Crippen LogP contribution in [0, 0.1) is 0 Å². The van der Waals surface area contributed by atoms with Crippen LogP contribution in [0.3, 0.4) is 0 Å². The van der Waals surface area contributed by atoms with Crippen molar-refractivity contribution in [2.24, 2.45) is 0 Å². The summed E-state index contributed by atoms with van der Waals surface area (Å²) < 4.78 is 6.57. The third-order valence-electron chi connectivity index (χ3n) is 2.21. The fourth-order valence-corrected chi connectivity index (χ4v) is 2.50. The van der Waals surface area contributed by atoms with Gasteiger partial charge in [0.05, 0.1) is 16.3 Å². The van der Waals surface area contributed by atoms with Gasteiger partial charge in [-0.2, -0.15) is 0 Å². The fraction of sp³-hybridized carbons (Fsp3) is 0.364. The summed E-state index contributed by atoms with van der Waals surface area (Å²) in [4.78, 5) is 4.16. The minimum atomic E-state index is 0.530. The summed E-state index contributed by atoms with van der Waals surface area (Å²) in [6, 6.07) is 3.73. The maximum absolute atomic E-state index is 6.10. The van der Waals surface area contributed by atoms with Crippen molar-refractivity contribution in [2.75, 3.05) is 12.3 Å². The molecule has 0 bridgehead atoms. The zero-order chi connectivity index (χ0) is 11.5. The van der Waals surface area contributed by atoms with Gasteiger partial charge < -0.3 is 10.5 Å². The molecule has 1 heterocycles. The van der Waals surface area contributed by atoms with Gasteiger partial charge >= 0.3 is 0 Å². The predicted octanol–water partition coefficient (Wildman–Crippen LogP) is 3.71. The molecule has 3 nitrogen and oxygen atoms in total. The molecule has 0 aliphatic carbocycles. The summed E-state index contributed by atoms with van der Waals surface area (Å²) in [6.45, 7) is 2.84. The molecule has 0 amide bonds. The molecule has 2 N–H and O–H groups in total. The van der Waals surface area contributed by atoms with E-state index in [9.17, 15) is 0 Å². The number of halogens is 1. The summed E-state index contributed by atoms with van der Waals surface area (Å²) in [7, 11) is 0. The first kappa shape index (κ1) is 11.5. The van der Waals surface area contributed by atoms with E-state index < -0.39 is 0 Å². The van der Waals surface area contributed by atoms with Crippen molar-refractivity contribution in [2.45, 2.75) is 19.8 Å². The summed E-state index contributed by atoms with van der Waals surface area (Å²) >= 11 is 7.52. The molecule has 0 radical (unpaired) electrons. The smallest absolute Gasteiger partial charge is 0.181 e. The van der Waals surface area contributed by atoms with Crippen LogP contribution in [0.5, 0.6) is 5.75 Å². The number of fused-ring (bicyclic) bond motifs is 1. The molecule has 0 fully saturated rings. The van der Waals surface area contributed by atoms with Crippen molar-refractivity contribution in [3.63, 3.8) is 0 Å². The van der Waals surface area contributed by atoms with Crippen LogP contribution in [-0.4, -0.2) is 11.6 Å². The SMILES string of the molecule is CCCCOc1cc(Cl)c2nc(N)sc2c1. The largest absolute Gasteiger partial charge is 0.493 e. The summed E-state index contributed by atoms with van der Waals surface area (Å²) in [5.41, 5.74) is 6.40. The van der Waals surface area contributed by atoms with Gasteiger partial charge in [-0.05, 0) is 12.5 Å². The molecule has 0 unspecified atom stereocenters. The molecule has 5 heteroatoms. The maximum Gasteiger partial charge on any atom is 0.181 e. The van der Waals surface area contributed by atoms with Crippen LogP contribution in [0.4, 0.5) is 5.13 Å². The number of aromatic nitrogens is 1. The van der Waals surface area contributed by atoms with Crippen LogP contribution >= 0.6 is 22.9 Å². The van der Waals surface area contributed by atoms with Gasteiger partial charge in [0.1, 0.15) is 11.3 Å². The van der Waals surface area contributed by atoms with E-state index in [1.807, 2.05) is 6.07 Å². The summed E-state index contributed by atoms with van der Waals surface area (Å²) in [5, 5.41) is 1.12. The van der Waals surface area contributed by atoms with E-state index in [0.29, 0.717) is 16.8 Å². The van der Waals surface area contributed by atoms with Crippen molar-refractivity contribution in [3.8, 4) is 5.75 Å². The molecular formula is C11H13ClN2OS. The van der Waals surface area contributed by atoms with Crippen molar-refractivity contribution >= 4 is 38.3 Å². The number of unbranched alkanes of at least 4 members (excludes halogenated alkanes) is 1. The number of nitrogens with two attached hydrogens (primary N) is 1. The Balaban J connectivity index is 2.27. The standard InChI is InChI=1S/C11H13ClN2OS/c1-2-3-4-15-7-5-8(12)10-9(6-7)16-11(13)14-10/h5-6H,2-4H2,1H3,(H2,13,14). The topological polar surface area (TPSA) is 48.1 Å². The number of anilines is 1. The van der Waals surface area contributed by atoms with Gasteiger partial charge in [0.2, 0.25) is 0 Å². The lowest BCUT2D eigenvalue weighted by Gasteiger charge is -2.05. The lowest BCUT2D eigenvalue weighted by molar-refractivity contribution is 0.310. The highest BCUT2D eigenvalue weighted by atomic mass is 35.5. The molecular weight excluding hydrogens is 244 g/mol. The highest BCUT2D eigenvalue weighted by Gasteiger charge is 2.08. The molecule has 1 aromatic carbocycles. The predicted molar refractivity (Wildman–Crippen MR) is 69.4 cm³/mol. The van der Waals surface area contributed by atoms with E-state index in [0.717, 1.165) is 28.8 Å². The molecule has 0 atom stereocenters. The minimum Gasteiger partial charge on any atom is -0.493 e. The van der Waals surface area contributed by atoms with Gasteiger partial charge in [0.15, 0.2) is 5.13 Å². The number of hydrogen-bond donors (Lipinski definition) is 1. The first-order valence-electron chi connectivity index (χ1n) is 5.19. The van der Waals surface area contributed by atoms with Crippen LogP contribution in [-0.2, 0) is 0 Å². The fourth-order valence-electron chi connectivity index (χ4n) is 1.40. The Kier molecular flexibility index (Phi) is 3.51. The third-order valence-corrected chi connectivity index (χ3v) is 3.32. The quantitative estimate of drug-likeness (QED) is 0.849. The van der Waals surface area contributed by atoms with E-state index in [2.05, 4.69) is 11.9 Å².